The predicted molar refractivity (Wildman–Crippen MR) is 145 cm³/mol. The lowest BCUT2D eigenvalue weighted by Crippen LogP contribution is -2.46. The van der Waals surface area contributed by atoms with Gasteiger partial charge in [0.25, 0.3) is 0 Å². The number of ether oxygens (including phenoxy) is 1. The Morgan fingerprint density at radius 1 is 1.29 bits per heavy atom. The zero-order chi connectivity index (χ0) is 25.6. The van der Waals surface area contributed by atoms with Crippen LogP contribution >= 0.6 is 0 Å². The zero-order valence-corrected chi connectivity index (χ0v) is 22.8. The highest BCUT2D eigenvalue weighted by Gasteiger charge is 2.44. The second kappa shape index (κ2) is 11.6. The first-order chi connectivity index (χ1) is 15.8. The van der Waals surface area contributed by atoms with E-state index in [9.17, 15) is 4.39 Å². The summed E-state index contributed by atoms with van der Waals surface area (Å²) in [6.45, 7) is 21.1. The Hall–Kier alpha value is -2.00. The van der Waals surface area contributed by atoms with E-state index >= 15 is 0 Å². The van der Waals surface area contributed by atoms with E-state index in [1.165, 1.54) is 5.57 Å². The SMILES string of the molecule is C=C(C)CC(C)(OCCC(C)/C(=C\CC)CC(C)(C)F)C1(C)C=CC(c2ccc(C)cn2)=CC1. The molecule has 0 N–H and O–H groups in total. The zero-order valence-electron chi connectivity index (χ0n) is 22.8. The van der Waals surface area contributed by atoms with Crippen LogP contribution in [0, 0.1) is 18.3 Å². The first kappa shape index (κ1) is 28.2. The minimum Gasteiger partial charge on any atom is -0.374 e. The van der Waals surface area contributed by atoms with Gasteiger partial charge in [0.1, 0.15) is 5.67 Å². The molecule has 3 heteroatoms. The Morgan fingerprint density at radius 3 is 2.50 bits per heavy atom. The van der Waals surface area contributed by atoms with Crippen molar-refractivity contribution in [1.29, 1.82) is 0 Å². The average molecular weight is 468 g/mol. The van der Waals surface area contributed by atoms with E-state index in [1.54, 1.807) is 13.8 Å². The van der Waals surface area contributed by atoms with Gasteiger partial charge in [-0.3, -0.25) is 4.98 Å². The normalized spacial score (nSPS) is 21.7. The van der Waals surface area contributed by atoms with Crippen molar-refractivity contribution in [3.05, 3.63) is 71.6 Å². The molecule has 2 rings (SSSR count). The van der Waals surface area contributed by atoms with Crippen LogP contribution in [0.5, 0.6) is 0 Å². The number of nitrogens with zero attached hydrogens (tertiary/aromatic N) is 1. The molecule has 0 bridgehead atoms. The second-order valence-electron chi connectivity index (χ2n) is 11.3. The summed E-state index contributed by atoms with van der Waals surface area (Å²) < 4.78 is 21.0. The number of aryl methyl sites for hydroxylation is 1. The third kappa shape index (κ3) is 7.77. The highest BCUT2D eigenvalue weighted by atomic mass is 19.1. The fourth-order valence-electron chi connectivity index (χ4n) is 4.79. The van der Waals surface area contributed by atoms with E-state index in [1.807, 2.05) is 6.20 Å². The molecule has 34 heavy (non-hydrogen) atoms. The summed E-state index contributed by atoms with van der Waals surface area (Å²) in [7, 11) is 0. The molecule has 2 nitrogen and oxygen atoms in total. The van der Waals surface area contributed by atoms with Gasteiger partial charge in [-0.1, -0.05) is 62.3 Å². The van der Waals surface area contributed by atoms with Crippen molar-refractivity contribution in [3.63, 3.8) is 0 Å². The molecule has 1 aromatic rings. The Balaban J connectivity index is 2.13. The van der Waals surface area contributed by atoms with Crippen LogP contribution in [0.2, 0.25) is 0 Å². The van der Waals surface area contributed by atoms with Crippen molar-refractivity contribution in [2.24, 2.45) is 11.3 Å². The topological polar surface area (TPSA) is 22.1 Å². The summed E-state index contributed by atoms with van der Waals surface area (Å²) in [5, 5.41) is 0. The Bertz CT molecular complexity index is 918. The molecule has 0 saturated heterocycles. The number of halogens is 1. The van der Waals surface area contributed by atoms with Crippen molar-refractivity contribution in [1.82, 2.24) is 4.98 Å². The van der Waals surface area contributed by atoms with Crippen LogP contribution in [0.1, 0.15) is 91.8 Å². The summed E-state index contributed by atoms with van der Waals surface area (Å²) in [6, 6.07) is 4.19. The molecular formula is C31H46FNO. The van der Waals surface area contributed by atoms with E-state index in [-0.39, 0.29) is 16.9 Å². The highest BCUT2D eigenvalue weighted by Crippen LogP contribution is 2.46. The molecule has 188 valence electrons. The number of hydrogen-bond acceptors (Lipinski definition) is 2. The summed E-state index contributed by atoms with van der Waals surface area (Å²) in [6.07, 6.45) is 14.8. The van der Waals surface area contributed by atoms with E-state index < -0.39 is 5.67 Å². The van der Waals surface area contributed by atoms with Crippen molar-refractivity contribution in [2.75, 3.05) is 6.61 Å². The van der Waals surface area contributed by atoms with Crippen molar-refractivity contribution >= 4 is 5.57 Å². The number of hydrogen-bond donors (Lipinski definition) is 0. The van der Waals surface area contributed by atoms with Crippen LogP contribution in [-0.4, -0.2) is 22.9 Å². The quantitative estimate of drug-likeness (QED) is 0.286. The number of allylic oxidation sites excluding steroid dienone is 5. The first-order valence-corrected chi connectivity index (χ1v) is 12.8. The van der Waals surface area contributed by atoms with Gasteiger partial charge < -0.3 is 4.74 Å². The highest BCUT2D eigenvalue weighted by molar-refractivity contribution is 5.73. The Labute approximate surface area is 208 Å². The minimum atomic E-state index is -1.19. The summed E-state index contributed by atoms with van der Waals surface area (Å²) in [5.41, 5.74) is 3.91. The van der Waals surface area contributed by atoms with Crippen LogP contribution in [0.4, 0.5) is 4.39 Å². The number of pyridine rings is 1. The Kier molecular flexibility index (Phi) is 9.65. The van der Waals surface area contributed by atoms with Crippen LogP contribution in [-0.2, 0) is 4.74 Å². The van der Waals surface area contributed by atoms with Gasteiger partial charge >= 0.3 is 0 Å². The van der Waals surface area contributed by atoms with E-state index in [2.05, 4.69) is 89.5 Å². The monoisotopic (exact) mass is 467 g/mol. The smallest absolute Gasteiger partial charge is 0.109 e. The third-order valence-corrected chi connectivity index (χ3v) is 7.13. The summed E-state index contributed by atoms with van der Waals surface area (Å²) in [4.78, 5) is 4.59. The van der Waals surface area contributed by atoms with Gasteiger partial charge in [-0.05, 0) is 83.4 Å². The lowest BCUT2D eigenvalue weighted by Gasteiger charge is -2.46. The number of alkyl halides is 1. The van der Waals surface area contributed by atoms with Gasteiger partial charge in [0.15, 0.2) is 0 Å². The van der Waals surface area contributed by atoms with Crippen LogP contribution in [0.25, 0.3) is 5.57 Å². The fraction of sp³-hybridized carbons (Fsp3) is 0.581. The van der Waals surface area contributed by atoms with Crippen LogP contribution < -0.4 is 0 Å². The van der Waals surface area contributed by atoms with Crippen LogP contribution in [0.3, 0.4) is 0 Å². The molecule has 0 aromatic carbocycles. The second-order valence-corrected chi connectivity index (χ2v) is 11.3. The molecule has 0 radical (unpaired) electrons. The average Bonchev–Trinajstić information content (AvgIpc) is 2.73. The van der Waals surface area contributed by atoms with Crippen molar-refractivity contribution in [2.45, 2.75) is 98.8 Å². The van der Waals surface area contributed by atoms with Crippen LogP contribution in [0.15, 0.2) is 60.4 Å². The molecular weight excluding hydrogens is 421 g/mol. The summed E-state index contributed by atoms with van der Waals surface area (Å²) in [5.74, 6) is 0.290. The van der Waals surface area contributed by atoms with Gasteiger partial charge in [0.05, 0.1) is 11.3 Å². The molecule has 0 fully saturated rings. The maximum absolute atomic E-state index is 14.3. The maximum Gasteiger partial charge on any atom is 0.109 e. The Morgan fingerprint density at radius 2 is 2.00 bits per heavy atom. The van der Waals surface area contributed by atoms with E-state index in [0.717, 1.165) is 48.1 Å². The summed E-state index contributed by atoms with van der Waals surface area (Å²) >= 11 is 0. The minimum absolute atomic E-state index is 0.160. The molecule has 1 aliphatic rings. The lowest BCUT2D eigenvalue weighted by molar-refractivity contribution is -0.100. The van der Waals surface area contributed by atoms with Gasteiger partial charge in [0, 0.05) is 24.6 Å². The molecule has 1 aromatic heterocycles. The largest absolute Gasteiger partial charge is 0.374 e. The third-order valence-electron chi connectivity index (χ3n) is 7.13. The lowest BCUT2D eigenvalue weighted by atomic mass is 9.67. The molecule has 1 heterocycles. The molecule has 0 saturated carbocycles. The predicted octanol–water partition coefficient (Wildman–Crippen LogP) is 8.98. The van der Waals surface area contributed by atoms with Gasteiger partial charge in [-0.2, -0.15) is 0 Å². The first-order valence-electron chi connectivity index (χ1n) is 12.8. The van der Waals surface area contributed by atoms with Gasteiger partial charge in [-0.15, -0.1) is 6.58 Å². The molecule has 0 aliphatic heterocycles. The van der Waals surface area contributed by atoms with E-state index in [4.69, 9.17) is 4.74 Å². The molecule has 3 atom stereocenters. The maximum atomic E-state index is 14.3. The van der Waals surface area contributed by atoms with Gasteiger partial charge in [0.2, 0.25) is 0 Å². The standard InChI is InChI=1S/C31H46FNO/c1-10-11-27(21-29(6,7)32)25(5)16-19-34-31(9,20-23(2)3)30(8)17-14-26(15-18-30)28-13-12-24(4)22-33-28/h11-15,17,22,25H,2,10,16,18-21H2,1,3-9H3/b27-11-. The van der Waals surface area contributed by atoms with Crippen molar-refractivity contribution in [3.8, 4) is 0 Å². The fourth-order valence-corrected chi connectivity index (χ4v) is 4.79. The number of aromatic nitrogens is 1. The molecule has 0 spiro atoms. The van der Waals surface area contributed by atoms with Gasteiger partial charge in [-0.25, -0.2) is 4.39 Å². The molecule has 1 aliphatic carbocycles. The molecule has 0 amide bonds. The van der Waals surface area contributed by atoms with Crippen molar-refractivity contribution < 1.29 is 9.13 Å². The van der Waals surface area contributed by atoms with E-state index in [0.29, 0.717) is 13.0 Å². The molecule has 3 unspecified atom stereocenters. The number of rotatable bonds is 12.